The van der Waals surface area contributed by atoms with Crippen LogP contribution in [0.4, 0.5) is 0 Å². The normalized spacial score (nSPS) is 10.8. The van der Waals surface area contributed by atoms with E-state index in [1.807, 2.05) is 13.0 Å². The zero-order chi connectivity index (χ0) is 8.55. The number of hydrogen-bond acceptors (Lipinski definition) is 3. The molecule has 0 amide bonds. The fourth-order valence-electron chi connectivity index (χ4n) is 1.03. The Kier molecular flexibility index (Phi) is 1.69. The Morgan fingerprint density at radius 3 is 3.17 bits per heavy atom. The Bertz CT molecular complexity index is 409. The van der Waals surface area contributed by atoms with Crippen LogP contribution in [0.3, 0.4) is 0 Å². The highest BCUT2D eigenvalue weighted by atomic mass is 35.5. The van der Waals surface area contributed by atoms with Crippen molar-refractivity contribution in [2.45, 2.75) is 13.3 Å². The fourth-order valence-corrected chi connectivity index (χ4v) is 1.29. The van der Waals surface area contributed by atoms with E-state index in [-0.39, 0.29) is 0 Å². The first-order valence-corrected chi connectivity index (χ1v) is 4.04. The number of nitrogens with zero attached hydrogens (tertiary/aromatic N) is 4. The van der Waals surface area contributed by atoms with Crippen molar-refractivity contribution in [2.24, 2.45) is 0 Å². The van der Waals surface area contributed by atoms with Crippen LogP contribution in [0.2, 0.25) is 5.15 Å². The first kappa shape index (κ1) is 7.49. The summed E-state index contributed by atoms with van der Waals surface area (Å²) in [5, 5.41) is 8.38. The van der Waals surface area contributed by atoms with Crippen molar-refractivity contribution in [1.29, 1.82) is 0 Å². The molecule has 0 fully saturated rings. The SMILES string of the molecule is CCc1cc2ncnn2nc1Cl. The van der Waals surface area contributed by atoms with Gasteiger partial charge in [0.05, 0.1) is 0 Å². The van der Waals surface area contributed by atoms with Gasteiger partial charge in [-0.05, 0) is 18.1 Å². The van der Waals surface area contributed by atoms with E-state index in [1.165, 1.54) is 11.0 Å². The van der Waals surface area contributed by atoms with Crippen LogP contribution in [-0.2, 0) is 6.42 Å². The second-order valence-electron chi connectivity index (χ2n) is 2.42. The molecule has 0 unspecified atom stereocenters. The van der Waals surface area contributed by atoms with Gasteiger partial charge in [0.15, 0.2) is 10.8 Å². The summed E-state index contributed by atoms with van der Waals surface area (Å²) in [6.45, 7) is 2.02. The van der Waals surface area contributed by atoms with E-state index in [0.717, 1.165) is 17.6 Å². The summed E-state index contributed by atoms with van der Waals surface area (Å²) in [4.78, 5) is 4.00. The molecule has 0 aromatic carbocycles. The molecule has 0 radical (unpaired) electrons. The average molecular weight is 183 g/mol. The van der Waals surface area contributed by atoms with Crippen LogP contribution >= 0.6 is 11.6 Å². The van der Waals surface area contributed by atoms with Gasteiger partial charge in [-0.25, -0.2) is 4.98 Å². The molecule has 0 atom stereocenters. The number of halogens is 1. The first-order valence-electron chi connectivity index (χ1n) is 3.66. The Balaban J connectivity index is 2.73. The summed E-state index contributed by atoms with van der Waals surface area (Å²) in [7, 11) is 0. The van der Waals surface area contributed by atoms with Crippen LogP contribution in [0.15, 0.2) is 12.4 Å². The van der Waals surface area contributed by atoms with Gasteiger partial charge in [0.25, 0.3) is 0 Å². The number of aromatic nitrogens is 4. The Morgan fingerprint density at radius 2 is 2.42 bits per heavy atom. The quantitative estimate of drug-likeness (QED) is 0.669. The predicted molar refractivity (Wildman–Crippen MR) is 45.2 cm³/mol. The average Bonchev–Trinajstić information content (AvgIpc) is 2.49. The molecule has 0 bridgehead atoms. The Labute approximate surface area is 74.2 Å². The lowest BCUT2D eigenvalue weighted by molar-refractivity contribution is 0.792. The highest BCUT2D eigenvalue weighted by molar-refractivity contribution is 6.30. The molecule has 2 rings (SSSR count). The van der Waals surface area contributed by atoms with Gasteiger partial charge in [-0.2, -0.15) is 0 Å². The summed E-state index contributed by atoms with van der Waals surface area (Å²) in [6.07, 6.45) is 2.31. The summed E-state index contributed by atoms with van der Waals surface area (Å²) in [5.74, 6) is 0. The van der Waals surface area contributed by atoms with Gasteiger partial charge >= 0.3 is 0 Å². The van der Waals surface area contributed by atoms with E-state index >= 15 is 0 Å². The van der Waals surface area contributed by atoms with Gasteiger partial charge in [0, 0.05) is 0 Å². The minimum atomic E-state index is 0.496. The van der Waals surface area contributed by atoms with E-state index in [1.54, 1.807) is 0 Å². The van der Waals surface area contributed by atoms with E-state index in [2.05, 4.69) is 15.2 Å². The molecule has 0 aliphatic heterocycles. The number of rotatable bonds is 1. The predicted octanol–water partition coefficient (Wildman–Crippen LogP) is 1.34. The van der Waals surface area contributed by atoms with Crippen molar-refractivity contribution < 1.29 is 0 Å². The lowest BCUT2D eigenvalue weighted by Crippen LogP contribution is -1.97. The topological polar surface area (TPSA) is 43.1 Å². The monoisotopic (exact) mass is 182 g/mol. The molecule has 2 aromatic rings. The van der Waals surface area contributed by atoms with Gasteiger partial charge in [0.1, 0.15) is 6.33 Å². The zero-order valence-electron chi connectivity index (χ0n) is 6.53. The van der Waals surface area contributed by atoms with Crippen molar-refractivity contribution >= 4 is 17.2 Å². The standard InChI is InChI=1S/C7H7ClN4/c1-2-5-3-6-9-4-10-12(6)11-7(5)8/h3-4H,2H2,1H3. The molecule has 0 aliphatic rings. The smallest absolute Gasteiger partial charge is 0.176 e. The molecule has 0 N–H and O–H groups in total. The summed E-state index contributed by atoms with van der Waals surface area (Å²) in [6, 6.07) is 1.89. The second kappa shape index (κ2) is 2.71. The van der Waals surface area contributed by atoms with Crippen LogP contribution < -0.4 is 0 Å². The van der Waals surface area contributed by atoms with Crippen LogP contribution in [-0.4, -0.2) is 19.8 Å². The van der Waals surface area contributed by atoms with Crippen LogP contribution in [0.5, 0.6) is 0 Å². The van der Waals surface area contributed by atoms with Gasteiger partial charge in [-0.15, -0.1) is 14.8 Å². The molecule has 0 saturated heterocycles. The van der Waals surface area contributed by atoms with Crippen molar-refractivity contribution in [3.63, 3.8) is 0 Å². The summed E-state index contributed by atoms with van der Waals surface area (Å²) >= 11 is 5.86. The van der Waals surface area contributed by atoms with E-state index < -0.39 is 0 Å². The van der Waals surface area contributed by atoms with Crippen molar-refractivity contribution in [2.75, 3.05) is 0 Å². The molecule has 0 saturated carbocycles. The maximum atomic E-state index is 5.86. The maximum Gasteiger partial charge on any atom is 0.176 e. The molecular formula is C7H7ClN4. The van der Waals surface area contributed by atoms with Crippen molar-refractivity contribution in [3.05, 3.63) is 23.1 Å². The van der Waals surface area contributed by atoms with Crippen LogP contribution in [0.1, 0.15) is 12.5 Å². The first-order chi connectivity index (χ1) is 5.81. The Hall–Kier alpha value is -1.16. The van der Waals surface area contributed by atoms with Crippen LogP contribution in [0, 0.1) is 0 Å². The second-order valence-corrected chi connectivity index (χ2v) is 2.78. The molecule has 4 nitrogen and oxygen atoms in total. The lowest BCUT2D eigenvalue weighted by Gasteiger charge is -1.98. The third kappa shape index (κ3) is 1.04. The largest absolute Gasteiger partial charge is 0.213 e. The third-order valence-electron chi connectivity index (χ3n) is 1.69. The maximum absolute atomic E-state index is 5.86. The van der Waals surface area contributed by atoms with Crippen LogP contribution in [0.25, 0.3) is 5.65 Å². The number of hydrogen-bond donors (Lipinski definition) is 0. The number of aryl methyl sites for hydroxylation is 1. The Morgan fingerprint density at radius 1 is 1.58 bits per heavy atom. The lowest BCUT2D eigenvalue weighted by atomic mass is 10.2. The fraction of sp³-hybridized carbons (Fsp3) is 0.286. The van der Waals surface area contributed by atoms with Crippen molar-refractivity contribution in [3.8, 4) is 0 Å². The molecule has 2 heterocycles. The minimum Gasteiger partial charge on any atom is -0.213 e. The third-order valence-corrected chi connectivity index (χ3v) is 2.01. The minimum absolute atomic E-state index is 0.496. The van der Waals surface area contributed by atoms with Gasteiger partial charge < -0.3 is 0 Å². The number of fused-ring (bicyclic) bond motifs is 1. The van der Waals surface area contributed by atoms with E-state index in [9.17, 15) is 0 Å². The van der Waals surface area contributed by atoms with Gasteiger partial charge in [-0.3, -0.25) is 0 Å². The van der Waals surface area contributed by atoms with Gasteiger partial charge in [-0.1, -0.05) is 18.5 Å². The molecule has 0 spiro atoms. The molecule has 62 valence electrons. The summed E-state index contributed by atoms with van der Waals surface area (Å²) in [5.41, 5.74) is 1.73. The van der Waals surface area contributed by atoms with Gasteiger partial charge in [0.2, 0.25) is 0 Å². The molecule has 12 heavy (non-hydrogen) atoms. The summed E-state index contributed by atoms with van der Waals surface area (Å²) < 4.78 is 1.42. The highest BCUT2D eigenvalue weighted by Crippen LogP contribution is 2.13. The van der Waals surface area contributed by atoms with E-state index in [0.29, 0.717) is 5.15 Å². The molecule has 5 heteroatoms. The molecule has 0 aliphatic carbocycles. The molecule has 2 aromatic heterocycles. The van der Waals surface area contributed by atoms with Crippen molar-refractivity contribution in [1.82, 2.24) is 19.8 Å². The zero-order valence-corrected chi connectivity index (χ0v) is 7.28. The molecular weight excluding hydrogens is 176 g/mol. The van der Waals surface area contributed by atoms with E-state index in [4.69, 9.17) is 11.6 Å². The highest BCUT2D eigenvalue weighted by Gasteiger charge is 2.03.